The summed E-state index contributed by atoms with van der Waals surface area (Å²) in [5, 5.41) is 7.11. The standard InChI is InChI=1S/C21H21N3O4S/c1-28-17-6-2-4-14(13-8-9-13)19(17)21(10-11-21)20(25)24-29(26,27)18-7-3-5-16-15(18)12-22-23-16/h2-7,12-13H,8-11H2,1H3,(H,22,23)(H,24,25). The Labute approximate surface area is 168 Å². The van der Waals surface area contributed by atoms with E-state index in [9.17, 15) is 13.2 Å². The number of amides is 1. The lowest BCUT2D eigenvalue weighted by Crippen LogP contribution is -2.39. The van der Waals surface area contributed by atoms with Crippen LogP contribution in [0.2, 0.25) is 0 Å². The van der Waals surface area contributed by atoms with Crippen molar-refractivity contribution >= 4 is 26.8 Å². The molecule has 0 atom stereocenters. The predicted molar refractivity (Wildman–Crippen MR) is 107 cm³/mol. The van der Waals surface area contributed by atoms with Crippen molar-refractivity contribution in [3.63, 3.8) is 0 Å². The first-order chi connectivity index (χ1) is 14.0. The Hall–Kier alpha value is -2.87. The fraction of sp³-hybridized carbons (Fsp3) is 0.333. The van der Waals surface area contributed by atoms with Crippen molar-refractivity contribution in [1.29, 1.82) is 0 Å². The van der Waals surface area contributed by atoms with Gasteiger partial charge in [0.05, 0.1) is 29.1 Å². The summed E-state index contributed by atoms with van der Waals surface area (Å²) in [7, 11) is -2.46. The maximum atomic E-state index is 13.3. The highest BCUT2D eigenvalue weighted by molar-refractivity contribution is 7.90. The summed E-state index contributed by atoms with van der Waals surface area (Å²) in [6.07, 6.45) is 4.82. The molecule has 1 heterocycles. The van der Waals surface area contributed by atoms with Crippen molar-refractivity contribution in [2.24, 2.45) is 0 Å². The Balaban J connectivity index is 1.53. The van der Waals surface area contributed by atoms with Gasteiger partial charge in [0.25, 0.3) is 10.0 Å². The van der Waals surface area contributed by atoms with Gasteiger partial charge in [-0.05, 0) is 55.4 Å². The maximum Gasteiger partial charge on any atom is 0.264 e. The van der Waals surface area contributed by atoms with Crippen LogP contribution in [0.4, 0.5) is 0 Å². The molecule has 29 heavy (non-hydrogen) atoms. The molecule has 2 aromatic carbocycles. The first kappa shape index (κ1) is 18.2. The number of rotatable bonds is 6. The Morgan fingerprint density at radius 1 is 1.21 bits per heavy atom. The third kappa shape index (κ3) is 2.90. The van der Waals surface area contributed by atoms with Gasteiger partial charge in [-0.2, -0.15) is 5.10 Å². The van der Waals surface area contributed by atoms with Crippen LogP contribution in [-0.2, 0) is 20.2 Å². The van der Waals surface area contributed by atoms with Crippen molar-refractivity contribution in [3.8, 4) is 5.75 Å². The summed E-state index contributed by atoms with van der Waals surface area (Å²) in [5.74, 6) is 0.572. The number of ether oxygens (including phenoxy) is 1. The molecule has 150 valence electrons. The monoisotopic (exact) mass is 411 g/mol. The summed E-state index contributed by atoms with van der Waals surface area (Å²) in [6, 6.07) is 10.6. The molecule has 2 saturated carbocycles. The quantitative estimate of drug-likeness (QED) is 0.649. The molecule has 1 amide bonds. The lowest BCUT2D eigenvalue weighted by Gasteiger charge is -2.22. The van der Waals surface area contributed by atoms with Gasteiger partial charge >= 0.3 is 0 Å². The molecule has 2 N–H and O–H groups in total. The molecular formula is C21H21N3O4S. The molecule has 2 aliphatic rings. The number of carbonyl (C=O) groups excluding carboxylic acids is 1. The minimum Gasteiger partial charge on any atom is -0.496 e. The summed E-state index contributed by atoms with van der Waals surface area (Å²) in [5.41, 5.74) is 1.69. The molecule has 0 saturated heterocycles. The lowest BCUT2D eigenvalue weighted by atomic mass is 9.88. The van der Waals surface area contributed by atoms with Crippen molar-refractivity contribution in [3.05, 3.63) is 53.7 Å². The first-order valence-electron chi connectivity index (χ1n) is 9.63. The van der Waals surface area contributed by atoms with Crippen molar-refractivity contribution in [2.45, 2.75) is 41.9 Å². The predicted octanol–water partition coefficient (Wildman–Crippen LogP) is 2.99. The topological polar surface area (TPSA) is 101 Å². The van der Waals surface area contributed by atoms with E-state index in [0.717, 1.165) is 24.0 Å². The zero-order valence-electron chi connectivity index (χ0n) is 15.9. The molecule has 0 unspecified atom stereocenters. The van der Waals surface area contributed by atoms with E-state index >= 15 is 0 Å². The fourth-order valence-corrected chi connectivity index (χ4v) is 5.39. The van der Waals surface area contributed by atoms with Crippen LogP contribution in [0.5, 0.6) is 5.75 Å². The van der Waals surface area contributed by atoms with Gasteiger partial charge < -0.3 is 4.74 Å². The molecule has 8 heteroatoms. The maximum absolute atomic E-state index is 13.3. The second-order valence-corrected chi connectivity index (χ2v) is 9.45. The van der Waals surface area contributed by atoms with Gasteiger partial charge in [-0.15, -0.1) is 0 Å². The van der Waals surface area contributed by atoms with Crippen LogP contribution in [0.25, 0.3) is 10.9 Å². The van der Waals surface area contributed by atoms with Gasteiger partial charge in [0.2, 0.25) is 5.91 Å². The van der Waals surface area contributed by atoms with Gasteiger partial charge in [0.15, 0.2) is 0 Å². The van der Waals surface area contributed by atoms with Crippen LogP contribution >= 0.6 is 0 Å². The van der Waals surface area contributed by atoms with Gasteiger partial charge in [-0.25, -0.2) is 13.1 Å². The normalized spacial score (nSPS) is 17.8. The largest absolute Gasteiger partial charge is 0.496 e. The molecule has 0 spiro atoms. The first-order valence-corrected chi connectivity index (χ1v) is 11.1. The molecule has 5 rings (SSSR count). The molecule has 2 aliphatic carbocycles. The number of fused-ring (bicyclic) bond motifs is 1. The Kier molecular flexibility index (Phi) is 3.96. The van der Waals surface area contributed by atoms with E-state index in [1.54, 1.807) is 19.2 Å². The van der Waals surface area contributed by atoms with Crippen LogP contribution in [0.1, 0.15) is 42.7 Å². The number of nitrogens with zero attached hydrogens (tertiary/aromatic N) is 1. The van der Waals surface area contributed by atoms with Crippen LogP contribution in [0, 0.1) is 0 Å². The molecule has 0 radical (unpaired) electrons. The number of hydrogen-bond acceptors (Lipinski definition) is 5. The molecular weight excluding hydrogens is 390 g/mol. The van der Waals surface area contributed by atoms with E-state index in [1.165, 1.54) is 12.3 Å². The van der Waals surface area contributed by atoms with E-state index in [4.69, 9.17) is 4.74 Å². The van der Waals surface area contributed by atoms with Crippen LogP contribution in [0.3, 0.4) is 0 Å². The van der Waals surface area contributed by atoms with Gasteiger partial charge in [-0.1, -0.05) is 18.2 Å². The number of sulfonamides is 1. The molecule has 1 aromatic heterocycles. The van der Waals surface area contributed by atoms with E-state index in [-0.39, 0.29) is 4.90 Å². The number of nitrogens with one attached hydrogen (secondary N) is 2. The van der Waals surface area contributed by atoms with Gasteiger partial charge in [0, 0.05) is 10.9 Å². The summed E-state index contributed by atoms with van der Waals surface area (Å²) in [6.45, 7) is 0. The fourth-order valence-electron chi connectivity index (χ4n) is 4.13. The molecule has 2 fully saturated rings. The van der Waals surface area contributed by atoms with E-state index < -0.39 is 21.3 Å². The molecule has 0 aliphatic heterocycles. The zero-order valence-corrected chi connectivity index (χ0v) is 16.8. The number of aromatic nitrogens is 2. The highest BCUT2D eigenvalue weighted by Crippen LogP contribution is 2.56. The average Bonchev–Trinajstić information content (AvgIpc) is 3.63. The number of hydrogen-bond donors (Lipinski definition) is 2. The second kappa shape index (κ2) is 6.32. The number of H-pyrrole nitrogens is 1. The number of carbonyl (C=O) groups is 1. The minimum atomic E-state index is -4.04. The smallest absolute Gasteiger partial charge is 0.264 e. The molecule has 7 nitrogen and oxygen atoms in total. The van der Waals surface area contributed by atoms with Gasteiger partial charge in [0.1, 0.15) is 5.75 Å². The molecule has 0 bridgehead atoms. The third-order valence-corrected chi connectivity index (χ3v) is 7.31. The summed E-state index contributed by atoms with van der Waals surface area (Å²) >= 11 is 0. The molecule has 3 aromatic rings. The lowest BCUT2D eigenvalue weighted by molar-refractivity contribution is -0.121. The van der Waals surface area contributed by atoms with Crippen molar-refractivity contribution in [2.75, 3.05) is 7.11 Å². The minimum absolute atomic E-state index is 0.0374. The van der Waals surface area contributed by atoms with Gasteiger partial charge in [-0.3, -0.25) is 9.89 Å². The van der Waals surface area contributed by atoms with Crippen LogP contribution in [-0.4, -0.2) is 31.6 Å². The zero-order chi connectivity index (χ0) is 20.2. The number of aromatic amines is 1. The Morgan fingerprint density at radius 3 is 2.66 bits per heavy atom. The van der Waals surface area contributed by atoms with E-state index in [1.807, 2.05) is 18.2 Å². The van der Waals surface area contributed by atoms with E-state index in [2.05, 4.69) is 14.9 Å². The van der Waals surface area contributed by atoms with E-state index in [0.29, 0.717) is 35.4 Å². The third-order valence-electron chi connectivity index (χ3n) is 5.92. The summed E-state index contributed by atoms with van der Waals surface area (Å²) < 4.78 is 34.0. The summed E-state index contributed by atoms with van der Waals surface area (Å²) in [4.78, 5) is 13.3. The van der Waals surface area contributed by atoms with Crippen molar-refractivity contribution < 1.29 is 17.9 Å². The number of methoxy groups -OCH3 is 1. The second-order valence-electron chi connectivity index (χ2n) is 7.80. The van der Waals surface area contributed by atoms with Crippen molar-refractivity contribution in [1.82, 2.24) is 14.9 Å². The highest BCUT2D eigenvalue weighted by Gasteiger charge is 2.55. The SMILES string of the molecule is COc1cccc(C2CC2)c1C1(C(=O)NS(=O)(=O)c2cccc3[nH]ncc23)CC1. The number of benzene rings is 2. The average molecular weight is 411 g/mol. The Bertz CT molecular complexity index is 1220. The van der Waals surface area contributed by atoms with Crippen LogP contribution in [0.15, 0.2) is 47.5 Å². The van der Waals surface area contributed by atoms with Crippen LogP contribution < -0.4 is 9.46 Å². The highest BCUT2D eigenvalue weighted by atomic mass is 32.2. The Morgan fingerprint density at radius 2 is 1.97 bits per heavy atom.